The van der Waals surface area contributed by atoms with Gasteiger partial charge in [-0.05, 0) is 53.6 Å². The van der Waals surface area contributed by atoms with Crippen LogP contribution in [0.2, 0.25) is 10.0 Å². The van der Waals surface area contributed by atoms with E-state index in [4.69, 9.17) is 32.7 Å². The third-order valence-corrected chi connectivity index (χ3v) is 6.29. The molecule has 0 saturated heterocycles. The van der Waals surface area contributed by atoms with Crippen LogP contribution in [-0.2, 0) is 4.79 Å². The molecule has 0 radical (unpaired) electrons. The van der Waals surface area contributed by atoms with Crippen LogP contribution in [0, 0.1) is 0 Å². The molecule has 0 saturated carbocycles. The van der Waals surface area contributed by atoms with Gasteiger partial charge in [0.25, 0.3) is 0 Å². The van der Waals surface area contributed by atoms with Gasteiger partial charge in [-0.2, -0.15) is 0 Å². The van der Waals surface area contributed by atoms with Gasteiger partial charge in [-0.25, -0.2) is 0 Å². The number of ether oxygens (including phenoxy) is 2. The van der Waals surface area contributed by atoms with E-state index in [1.54, 1.807) is 0 Å². The third-order valence-electron chi connectivity index (χ3n) is 5.81. The molecule has 2 heterocycles. The summed E-state index contributed by atoms with van der Waals surface area (Å²) in [5.41, 5.74) is 2.98. The molecule has 0 unspecified atom stereocenters. The smallest absolute Gasteiger partial charge is 0.221 e. The van der Waals surface area contributed by atoms with Crippen LogP contribution < -0.4 is 14.8 Å². The van der Waals surface area contributed by atoms with Crippen molar-refractivity contribution in [1.29, 1.82) is 0 Å². The highest BCUT2D eigenvalue weighted by Crippen LogP contribution is 2.35. The molecule has 1 amide bonds. The normalized spacial score (nSPS) is 15.9. The van der Waals surface area contributed by atoms with Gasteiger partial charge in [-0.3, -0.25) is 4.79 Å². The van der Waals surface area contributed by atoms with E-state index in [0.717, 1.165) is 27.8 Å². The molecule has 2 atom stereocenters. The molecule has 3 aromatic carbocycles. The second kappa shape index (κ2) is 9.38. The summed E-state index contributed by atoms with van der Waals surface area (Å²) >= 11 is 12.4. The van der Waals surface area contributed by atoms with E-state index < -0.39 is 0 Å². The quantitative estimate of drug-likeness (QED) is 0.358. The number of hydrogen-bond donors (Lipinski definition) is 2. The fraction of sp³-hybridized carbons (Fsp3) is 0.192. The molecule has 4 aromatic rings. The number of benzene rings is 3. The van der Waals surface area contributed by atoms with E-state index in [1.165, 1.54) is 0 Å². The van der Waals surface area contributed by atoms with Crippen LogP contribution in [0.5, 0.6) is 11.5 Å². The Kier molecular flexibility index (Phi) is 6.16. The van der Waals surface area contributed by atoms with Crippen molar-refractivity contribution in [3.8, 4) is 11.5 Å². The van der Waals surface area contributed by atoms with Crippen molar-refractivity contribution >= 4 is 40.0 Å². The summed E-state index contributed by atoms with van der Waals surface area (Å²) < 4.78 is 11.7. The van der Waals surface area contributed by atoms with Crippen LogP contribution >= 0.6 is 23.2 Å². The minimum atomic E-state index is -0.246. The van der Waals surface area contributed by atoms with Crippen LogP contribution in [-0.4, -0.2) is 30.1 Å². The van der Waals surface area contributed by atoms with E-state index in [1.807, 2.05) is 72.9 Å². The average Bonchev–Trinajstić information content (AvgIpc) is 3.24. The summed E-state index contributed by atoms with van der Waals surface area (Å²) in [6.45, 7) is 0.749. The topological polar surface area (TPSA) is 63.4 Å². The summed E-state index contributed by atoms with van der Waals surface area (Å²) in [6.07, 6.45) is 1.97. The summed E-state index contributed by atoms with van der Waals surface area (Å²) in [4.78, 5) is 16.3. The van der Waals surface area contributed by atoms with Crippen molar-refractivity contribution in [3.05, 3.63) is 94.1 Å². The lowest BCUT2D eigenvalue weighted by Gasteiger charge is -2.26. The van der Waals surface area contributed by atoms with Crippen LogP contribution in [0.4, 0.5) is 0 Å². The van der Waals surface area contributed by atoms with Crippen LogP contribution in [0.1, 0.15) is 23.5 Å². The molecule has 5 rings (SSSR count). The SMILES string of the molecule is O=C(C[C@H](c1ccc(Cl)cc1)c1c[nH]c2ccc(Cl)cc12)NC[C@@H]1COc2ccccc2O1. The lowest BCUT2D eigenvalue weighted by atomic mass is 9.88. The van der Waals surface area contributed by atoms with E-state index in [-0.39, 0.29) is 24.3 Å². The lowest BCUT2D eigenvalue weighted by Crippen LogP contribution is -2.41. The highest BCUT2D eigenvalue weighted by molar-refractivity contribution is 6.31. The molecule has 1 aliphatic rings. The van der Waals surface area contributed by atoms with Gasteiger partial charge in [-0.15, -0.1) is 0 Å². The first-order chi connectivity index (χ1) is 16.1. The Hall–Kier alpha value is -3.15. The minimum Gasteiger partial charge on any atom is -0.486 e. The molecule has 1 aliphatic heterocycles. The molecule has 0 fully saturated rings. The van der Waals surface area contributed by atoms with Crippen LogP contribution in [0.3, 0.4) is 0 Å². The number of hydrogen-bond acceptors (Lipinski definition) is 3. The first-order valence-corrected chi connectivity index (χ1v) is 11.5. The highest BCUT2D eigenvalue weighted by Gasteiger charge is 2.24. The monoisotopic (exact) mass is 480 g/mol. The Morgan fingerprint density at radius 1 is 1.03 bits per heavy atom. The van der Waals surface area contributed by atoms with E-state index in [2.05, 4.69) is 10.3 Å². The maximum Gasteiger partial charge on any atom is 0.221 e. The number of fused-ring (bicyclic) bond motifs is 2. The van der Waals surface area contributed by atoms with Gasteiger partial charge in [0.15, 0.2) is 11.5 Å². The zero-order chi connectivity index (χ0) is 22.8. The number of nitrogens with one attached hydrogen (secondary N) is 2. The van der Waals surface area contributed by atoms with E-state index >= 15 is 0 Å². The molecular formula is C26H22Cl2N2O3. The predicted molar refractivity (Wildman–Crippen MR) is 131 cm³/mol. The molecule has 1 aromatic heterocycles. The summed E-state index contributed by atoms with van der Waals surface area (Å²) in [7, 11) is 0. The van der Waals surface area contributed by atoms with Crippen molar-refractivity contribution in [2.45, 2.75) is 18.4 Å². The lowest BCUT2D eigenvalue weighted by molar-refractivity contribution is -0.121. The van der Waals surface area contributed by atoms with Gasteiger partial charge >= 0.3 is 0 Å². The van der Waals surface area contributed by atoms with Crippen LogP contribution in [0.15, 0.2) is 72.9 Å². The van der Waals surface area contributed by atoms with Gasteiger partial charge in [0, 0.05) is 39.5 Å². The van der Waals surface area contributed by atoms with Crippen molar-refractivity contribution in [3.63, 3.8) is 0 Å². The first kappa shape index (κ1) is 21.7. The van der Waals surface area contributed by atoms with E-state index in [0.29, 0.717) is 28.9 Å². The number of aromatic amines is 1. The second-order valence-electron chi connectivity index (χ2n) is 8.04. The van der Waals surface area contributed by atoms with Crippen molar-refractivity contribution < 1.29 is 14.3 Å². The summed E-state index contributed by atoms with van der Waals surface area (Å²) in [6, 6.07) is 20.8. The van der Waals surface area contributed by atoms with Crippen molar-refractivity contribution in [2.75, 3.05) is 13.2 Å². The van der Waals surface area contributed by atoms with Gasteiger partial charge in [-0.1, -0.05) is 47.5 Å². The minimum absolute atomic E-state index is 0.0752. The maximum absolute atomic E-state index is 13.0. The highest BCUT2D eigenvalue weighted by atomic mass is 35.5. The molecule has 2 N–H and O–H groups in total. The van der Waals surface area contributed by atoms with Gasteiger partial charge < -0.3 is 19.8 Å². The molecule has 168 valence electrons. The molecule has 0 bridgehead atoms. The zero-order valence-corrected chi connectivity index (χ0v) is 19.2. The molecule has 5 nitrogen and oxygen atoms in total. The number of carbonyl (C=O) groups is 1. The average molecular weight is 481 g/mol. The Morgan fingerprint density at radius 3 is 2.61 bits per heavy atom. The van der Waals surface area contributed by atoms with Gasteiger partial charge in [0.1, 0.15) is 12.7 Å². The molecule has 0 aliphatic carbocycles. The Bertz CT molecular complexity index is 1290. The molecule has 0 spiro atoms. The Balaban J connectivity index is 1.33. The number of carbonyl (C=O) groups excluding carboxylic acids is 1. The van der Waals surface area contributed by atoms with Crippen LogP contribution in [0.25, 0.3) is 10.9 Å². The molecular weight excluding hydrogens is 459 g/mol. The number of H-pyrrole nitrogens is 1. The maximum atomic E-state index is 13.0. The zero-order valence-electron chi connectivity index (χ0n) is 17.7. The predicted octanol–water partition coefficient (Wildman–Crippen LogP) is 5.95. The standard InChI is InChI=1S/C26H22Cl2N2O3/c27-17-7-5-16(6-8-17)20(22-14-29-23-10-9-18(28)11-21(22)23)12-26(31)30-13-19-15-32-24-3-1-2-4-25(24)33-19/h1-11,14,19-20,29H,12-13,15H2,(H,30,31)/t19-,20-/m1/s1. The third kappa shape index (κ3) is 4.80. The molecule has 33 heavy (non-hydrogen) atoms. The number of aromatic nitrogens is 1. The molecule has 7 heteroatoms. The Labute approximate surface area is 201 Å². The fourth-order valence-corrected chi connectivity index (χ4v) is 4.45. The van der Waals surface area contributed by atoms with E-state index in [9.17, 15) is 4.79 Å². The van der Waals surface area contributed by atoms with Crippen molar-refractivity contribution in [2.24, 2.45) is 0 Å². The van der Waals surface area contributed by atoms with Crippen molar-refractivity contribution in [1.82, 2.24) is 10.3 Å². The first-order valence-electron chi connectivity index (χ1n) is 10.7. The van der Waals surface area contributed by atoms with Gasteiger partial charge in [0.05, 0.1) is 6.54 Å². The number of amides is 1. The summed E-state index contributed by atoms with van der Waals surface area (Å²) in [5, 5.41) is 5.31. The fourth-order valence-electron chi connectivity index (χ4n) is 4.15. The Morgan fingerprint density at radius 2 is 1.79 bits per heavy atom. The van der Waals surface area contributed by atoms with Gasteiger partial charge in [0.2, 0.25) is 5.91 Å². The summed E-state index contributed by atoms with van der Waals surface area (Å²) in [5.74, 6) is 1.17. The second-order valence-corrected chi connectivity index (χ2v) is 8.92. The number of para-hydroxylation sites is 2. The largest absolute Gasteiger partial charge is 0.486 e. The number of halogens is 2. The number of rotatable bonds is 6.